The quantitative estimate of drug-likeness (QED) is 0.600. The number of aromatic nitrogens is 1. The highest BCUT2D eigenvalue weighted by molar-refractivity contribution is 5.78. The zero-order valence-electron chi connectivity index (χ0n) is 17.5. The number of benzene rings is 2. The molecule has 2 heterocycles. The molecule has 1 aliphatic rings. The van der Waals surface area contributed by atoms with E-state index in [1.165, 1.54) is 11.1 Å². The van der Waals surface area contributed by atoms with Gasteiger partial charge in [0.2, 0.25) is 5.91 Å². The van der Waals surface area contributed by atoms with Crippen LogP contribution in [-0.4, -0.2) is 35.0 Å². The summed E-state index contributed by atoms with van der Waals surface area (Å²) in [6.45, 7) is 4.83. The second-order valence-corrected chi connectivity index (χ2v) is 8.17. The average molecular weight is 402 g/mol. The van der Waals surface area contributed by atoms with Gasteiger partial charge in [-0.25, -0.2) is 0 Å². The number of carbonyl (C=O) groups is 1. The van der Waals surface area contributed by atoms with Crippen LogP contribution >= 0.6 is 0 Å². The Morgan fingerprint density at radius 3 is 2.20 bits per heavy atom. The minimum atomic E-state index is 0.147. The molecule has 0 bridgehead atoms. The Morgan fingerprint density at radius 2 is 1.50 bits per heavy atom. The molecule has 1 amide bonds. The van der Waals surface area contributed by atoms with E-state index < -0.39 is 0 Å². The van der Waals surface area contributed by atoms with E-state index in [1.807, 2.05) is 6.07 Å². The van der Waals surface area contributed by atoms with Crippen LogP contribution in [-0.2, 0) is 17.9 Å². The summed E-state index contributed by atoms with van der Waals surface area (Å²) in [4.78, 5) is 15.1. The van der Waals surface area contributed by atoms with Crippen LogP contribution in [0.4, 0.5) is 0 Å². The van der Waals surface area contributed by atoms with Gasteiger partial charge in [0.25, 0.3) is 0 Å². The van der Waals surface area contributed by atoms with Crippen LogP contribution in [0.15, 0.2) is 79.1 Å². The Kier molecular flexibility index (Phi) is 6.99. The van der Waals surface area contributed by atoms with Crippen molar-refractivity contribution >= 4 is 5.91 Å². The van der Waals surface area contributed by atoms with Gasteiger partial charge in [-0.05, 0) is 67.7 Å². The number of carbonyl (C=O) groups excluding carboxylic acids is 1. The minimum absolute atomic E-state index is 0.147. The third-order valence-corrected chi connectivity index (χ3v) is 6.04. The Balaban J connectivity index is 1.17. The zero-order chi connectivity index (χ0) is 20.6. The number of nitrogens with one attached hydrogen (secondary N) is 1. The second kappa shape index (κ2) is 10.3. The minimum Gasteiger partial charge on any atom is -0.354 e. The molecule has 2 aromatic carbocycles. The third kappa shape index (κ3) is 5.61. The molecule has 0 spiro atoms. The standard InChI is InChI=1S/C26H31N3O/c30-26(25-13-19-29(20-14-25)18-6-17-28-15-4-5-16-28)27-21-22-9-11-24(12-10-22)23-7-2-1-3-8-23/h1-5,7-12,15-16,25H,6,13-14,17-21H2,(H,27,30). The van der Waals surface area contributed by atoms with Crippen LogP contribution in [0.25, 0.3) is 11.1 Å². The van der Waals surface area contributed by atoms with Gasteiger partial charge in [-0.1, -0.05) is 54.6 Å². The highest BCUT2D eigenvalue weighted by Gasteiger charge is 2.24. The number of aryl methyl sites for hydroxylation is 1. The number of piperidine rings is 1. The van der Waals surface area contributed by atoms with Gasteiger partial charge < -0.3 is 14.8 Å². The van der Waals surface area contributed by atoms with Crippen LogP contribution in [0.3, 0.4) is 0 Å². The molecule has 156 valence electrons. The van der Waals surface area contributed by atoms with E-state index in [4.69, 9.17) is 0 Å². The van der Waals surface area contributed by atoms with E-state index in [0.717, 1.165) is 51.0 Å². The smallest absolute Gasteiger partial charge is 0.223 e. The summed E-state index contributed by atoms with van der Waals surface area (Å²) in [6.07, 6.45) is 7.31. The predicted molar refractivity (Wildman–Crippen MR) is 122 cm³/mol. The molecule has 3 aromatic rings. The van der Waals surface area contributed by atoms with Gasteiger partial charge in [0.05, 0.1) is 0 Å². The fourth-order valence-electron chi connectivity index (χ4n) is 4.19. The SMILES string of the molecule is O=C(NCc1ccc(-c2ccccc2)cc1)C1CCN(CCCn2cccc2)CC1. The largest absolute Gasteiger partial charge is 0.354 e. The topological polar surface area (TPSA) is 37.3 Å². The van der Waals surface area contributed by atoms with E-state index in [0.29, 0.717) is 6.54 Å². The molecule has 1 aromatic heterocycles. The van der Waals surface area contributed by atoms with Crippen LogP contribution < -0.4 is 5.32 Å². The highest BCUT2D eigenvalue weighted by Crippen LogP contribution is 2.20. The maximum atomic E-state index is 12.6. The maximum absolute atomic E-state index is 12.6. The van der Waals surface area contributed by atoms with Crippen LogP contribution in [0.2, 0.25) is 0 Å². The summed E-state index contributed by atoms with van der Waals surface area (Å²) >= 11 is 0. The fourth-order valence-corrected chi connectivity index (χ4v) is 4.19. The molecule has 1 fully saturated rings. The molecule has 1 N–H and O–H groups in total. The molecule has 0 unspecified atom stereocenters. The Hall–Kier alpha value is -2.85. The summed E-state index contributed by atoms with van der Waals surface area (Å²) in [7, 11) is 0. The molecule has 30 heavy (non-hydrogen) atoms. The molecular formula is C26H31N3O. The Labute approximate surface area is 179 Å². The van der Waals surface area contributed by atoms with Crippen molar-refractivity contribution < 1.29 is 4.79 Å². The Morgan fingerprint density at radius 1 is 0.833 bits per heavy atom. The van der Waals surface area contributed by atoms with E-state index in [-0.39, 0.29) is 11.8 Å². The number of rotatable bonds is 8. The number of hydrogen-bond acceptors (Lipinski definition) is 2. The highest BCUT2D eigenvalue weighted by atomic mass is 16.1. The van der Waals surface area contributed by atoms with Crippen molar-refractivity contribution in [3.63, 3.8) is 0 Å². The van der Waals surface area contributed by atoms with Gasteiger partial charge in [0, 0.05) is 31.4 Å². The van der Waals surface area contributed by atoms with Gasteiger partial charge >= 0.3 is 0 Å². The molecule has 4 rings (SSSR count). The van der Waals surface area contributed by atoms with Gasteiger partial charge in [-0.15, -0.1) is 0 Å². The van der Waals surface area contributed by atoms with Gasteiger partial charge in [0.15, 0.2) is 0 Å². The molecule has 1 aliphatic heterocycles. The van der Waals surface area contributed by atoms with Gasteiger partial charge in [-0.2, -0.15) is 0 Å². The summed E-state index contributed by atoms with van der Waals surface area (Å²) in [5.74, 6) is 0.350. The molecular weight excluding hydrogens is 370 g/mol. The van der Waals surface area contributed by atoms with E-state index in [1.54, 1.807) is 0 Å². The second-order valence-electron chi connectivity index (χ2n) is 8.17. The molecule has 0 atom stereocenters. The Bertz CT molecular complexity index is 895. The molecule has 0 saturated carbocycles. The lowest BCUT2D eigenvalue weighted by Crippen LogP contribution is -2.40. The van der Waals surface area contributed by atoms with Crippen molar-refractivity contribution in [2.24, 2.45) is 5.92 Å². The first-order chi connectivity index (χ1) is 14.8. The van der Waals surface area contributed by atoms with Crippen molar-refractivity contribution in [3.05, 3.63) is 84.7 Å². The molecule has 4 nitrogen and oxygen atoms in total. The molecule has 1 saturated heterocycles. The summed E-state index contributed by atoms with van der Waals surface area (Å²) in [5.41, 5.74) is 3.56. The summed E-state index contributed by atoms with van der Waals surface area (Å²) in [6, 6.07) is 23.0. The average Bonchev–Trinajstić information content (AvgIpc) is 3.32. The van der Waals surface area contributed by atoms with E-state index >= 15 is 0 Å². The zero-order valence-corrected chi connectivity index (χ0v) is 17.5. The monoisotopic (exact) mass is 401 g/mol. The molecule has 0 radical (unpaired) electrons. The van der Waals surface area contributed by atoms with Crippen LogP contribution in [0.5, 0.6) is 0 Å². The number of amides is 1. The van der Waals surface area contributed by atoms with Crippen molar-refractivity contribution in [2.75, 3.05) is 19.6 Å². The maximum Gasteiger partial charge on any atom is 0.223 e. The predicted octanol–water partition coefficient (Wildman–Crippen LogP) is 4.57. The van der Waals surface area contributed by atoms with Crippen molar-refractivity contribution in [1.82, 2.24) is 14.8 Å². The van der Waals surface area contributed by atoms with Gasteiger partial charge in [0.1, 0.15) is 0 Å². The first-order valence-electron chi connectivity index (χ1n) is 11.0. The number of likely N-dealkylation sites (tertiary alicyclic amines) is 1. The first-order valence-corrected chi connectivity index (χ1v) is 11.0. The van der Waals surface area contributed by atoms with Crippen molar-refractivity contribution in [1.29, 1.82) is 0 Å². The third-order valence-electron chi connectivity index (χ3n) is 6.04. The lowest BCUT2D eigenvalue weighted by molar-refractivity contribution is -0.126. The number of nitrogens with zero attached hydrogens (tertiary/aromatic N) is 2. The van der Waals surface area contributed by atoms with Crippen molar-refractivity contribution in [3.8, 4) is 11.1 Å². The van der Waals surface area contributed by atoms with Crippen LogP contribution in [0.1, 0.15) is 24.8 Å². The summed E-state index contributed by atoms with van der Waals surface area (Å²) < 4.78 is 2.23. The van der Waals surface area contributed by atoms with Crippen LogP contribution in [0, 0.1) is 5.92 Å². The van der Waals surface area contributed by atoms with Crippen molar-refractivity contribution in [2.45, 2.75) is 32.4 Å². The number of hydrogen-bond donors (Lipinski definition) is 1. The fraction of sp³-hybridized carbons (Fsp3) is 0.346. The van der Waals surface area contributed by atoms with E-state index in [2.05, 4.69) is 87.8 Å². The lowest BCUT2D eigenvalue weighted by atomic mass is 9.95. The molecule has 0 aliphatic carbocycles. The molecule has 4 heteroatoms. The van der Waals surface area contributed by atoms with Gasteiger partial charge in [-0.3, -0.25) is 4.79 Å². The normalized spacial score (nSPS) is 15.2. The van der Waals surface area contributed by atoms with E-state index in [9.17, 15) is 4.79 Å². The summed E-state index contributed by atoms with van der Waals surface area (Å²) in [5, 5.41) is 3.14. The lowest BCUT2D eigenvalue weighted by Gasteiger charge is -2.31. The first kappa shape index (κ1) is 20.4.